The van der Waals surface area contributed by atoms with Crippen LogP contribution in [0.2, 0.25) is 0 Å². The Kier molecular flexibility index (Phi) is 14.6. The highest BCUT2D eigenvalue weighted by molar-refractivity contribution is 8.60. The molecule has 0 saturated carbocycles. The summed E-state index contributed by atoms with van der Waals surface area (Å²) in [5.41, 5.74) is -2.24. The Labute approximate surface area is 130 Å². The van der Waals surface area contributed by atoms with E-state index in [4.69, 9.17) is 20.9 Å². The molecule has 0 aliphatic rings. The first-order valence-electron chi connectivity index (χ1n) is 7.74. The van der Waals surface area contributed by atoms with Crippen LogP contribution in [-0.4, -0.2) is 13.2 Å². The Morgan fingerprint density at radius 2 is 1.26 bits per heavy atom. The van der Waals surface area contributed by atoms with Gasteiger partial charge in [-0.25, -0.2) is 0 Å². The van der Waals surface area contributed by atoms with Gasteiger partial charge in [-0.1, -0.05) is 77.0 Å². The van der Waals surface area contributed by atoms with E-state index in [1.807, 2.05) is 6.92 Å². The van der Waals surface area contributed by atoms with Crippen molar-refractivity contribution in [2.75, 3.05) is 13.2 Å². The van der Waals surface area contributed by atoms with Gasteiger partial charge in [0, 0.05) is 0 Å². The molecule has 19 heavy (non-hydrogen) atoms. The number of rotatable bonds is 14. The van der Waals surface area contributed by atoms with E-state index in [-0.39, 0.29) is 0 Å². The van der Waals surface area contributed by atoms with E-state index < -0.39 is 5.69 Å². The Balaban J connectivity index is 3.17. The van der Waals surface area contributed by atoms with Gasteiger partial charge in [-0.15, -0.1) is 0 Å². The van der Waals surface area contributed by atoms with E-state index in [1.54, 1.807) is 0 Å². The molecule has 1 unspecified atom stereocenters. The first-order valence-corrected chi connectivity index (χ1v) is 11.5. The normalized spacial score (nSPS) is 14.5. The molecule has 0 fully saturated rings. The van der Waals surface area contributed by atoms with E-state index in [0.717, 1.165) is 6.42 Å². The molecule has 0 bridgehead atoms. The van der Waals surface area contributed by atoms with Gasteiger partial charge in [-0.3, -0.25) is 0 Å². The van der Waals surface area contributed by atoms with Crippen molar-refractivity contribution in [2.24, 2.45) is 0 Å². The molecule has 0 N–H and O–H groups in total. The van der Waals surface area contributed by atoms with Crippen LogP contribution in [-0.2, 0) is 20.9 Å². The van der Waals surface area contributed by atoms with Crippen LogP contribution in [0.5, 0.6) is 0 Å². The summed E-state index contributed by atoms with van der Waals surface area (Å²) in [6, 6.07) is 0. The Morgan fingerprint density at radius 3 is 1.74 bits per heavy atom. The minimum atomic E-state index is -2.24. The lowest BCUT2D eigenvalue weighted by Gasteiger charge is -2.15. The van der Waals surface area contributed by atoms with Crippen LogP contribution in [0.1, 0.15) is 78.1 Å². The van der Waals surface area contributed by atoms with Crippen LogP contribution in [0, 0.1) is 0 Å². The van der Waals surface area contributed by atoms with Crippen LogP contribution in [0.25, 0.3) is 0 Å². The molecule has 1 atom stereocenters. The fourth-order valence-corrected chi connectivity index (χ4v) is 3.86. The van der Waals surface area contributed by atoms with Gasteiger partial charge in [0.25, 0.3) is 0 Å². The lowest BCUT2D eigenvalue weighted by Crippen LogP contribution is -1.93. The Morgan fingerprint density at radius 1 is 0.789 bits per heavy atom. The number of thiol groups is 1. The number of unbranched alkanes of at least 4 members (excludes halogenated alkanes) is 9. The van der Waals surface area contributed by atoms with Crippen molar-refractivity contribution in [3.05, 3.63) is 0 Å². The van der Waals surface area contributed by atoms with Crippen molar-refractivity contribution in [3.63, 3.8) is 0 Å². The number of hydrogen-bond donors (Lipinski definition) is 1. The van der Waals surface area contributed by atoms with Crippen molar-refractivity contribution in [1.29, 1.82) is 0 Å². The summed E-state index contributed by atoms with van der Waals surface area (Å²) < 4.78 is 10.8. The summed E-state index contributed by atoms with van der Waals surface area (Å²) in [6.07, 6.45) is 13.3. The van der Waals surface area contributed by atoms with Crippen LogP contribution < -0.4 is 0 Å². The topological polar surface area (TPSA) is 18.5 Å². The highest BCUT2D eigenvalue weighted by atomic mass is 32.9. The monoisotopic (exact) mass is 326 g/mol. The van der Waals surface area contributed by atoms with Gasteiger partial charge >= 0.3 is 0 Å². The maximum atomic E-state index is 5.51. The van der Waals surface area contributed by atoms with Gasteiger partial charge < -0.3 is 9.05 Å². The van der Waals surface area contributed by atoms with Gasteiger partial charge in [0.2, 0.25) is 5.69 Å². The van der Waals surface area contributed by atoms with E-state index in [0.29, 0.717) is 13.2 Å². The predicted octanol–water partition coefficient (Wildman–Crippen LogP) is 6.11. The zero-order valence-corrected chi connectivity index (χ0v) is 15.2. The van der Waals surface area contributed by atoms with Crippen molar-refractivity contribution in [1.82, 2.24) is 0 Å². The Hall–Kier alpha value is 0.920. The second kappa shape index (κ2) is 13.9. The molecule has 0 amide bonds. The zero-order valence-electron chi connectivity index (χ0n) is 12.6. The first kappa shape index (κ1) is 19.9. The van der Waals surface area contributed by atoms with Crippen LogP contribution in [0.3, 0.4) is 0 Å². The molecular weight excluding hydrogens is 295 g/mol. The molecule has 0 saturated heterocycles. The molecule has 0 aliphatic carbocycles. The third-order valence-corrected chi connectivity index (χ3v) is 5.46. The minimum absolute atomic E-state index is 0.582. The smallest absolute Gasteiger partial charge is 0.244 e. The largest absolute Gasteiger partial charge is 0.322 e. The summed E-state index contributed by atoms with van der Waals surface area (Å²) in [4.78, 5) is 0. The summed E-state index contributed by atoms with van der Waals surface area (Å²) in [6.45, 7) is 5.45. The van der Waals surface area contributed by atoms with Gasteiger partial charge in [0.05, 0.1) is 13.2 Å². The average molecular weight is 327 g/mol. The van der Waals surface area contributed by atoms with Crippen molar-refractivity contribution in [2.45, 2.75) is 78.1 Å². The van der Waals surface area contributed by atoms with Gasteiger partial charge in [0.1, 0.15) is 0 Å². The molecule has 0 rings (SSSR count). The third-order valence-electron chi connectivity index (χ3n) is 3.04. The third kappa shape index (κ3) is 15.1. The molecule has 5 heteroatoms. The van der Waals surface area contributed by atoms with E-state index in [2.05, 4.69) is 19.2 Å². The molecule has 0 heterocycles. The molecule has 0 aliphatic heterocycles. The lowest BCUT2D eigenvalue weighted by molar-refractivity contribution is 0.263. The summed E-state index contributed by atoms with van der Waals surface area (Å²) in [5.74, 6) is 0. The van der Waals surface area contributed by atoms with Crippen molar-refractivity contribution < 1.29 is 9.05 Å². The van der Waals surface area contributed by atoms with Crippen molar-refractivity contribution in [3.8, 4) is 0 Å². The van der Waals surface area contributed by atoms with E-state index >= 15 is 0 Å². The highest BCUT2D eigenvalue weighted by Crippen LogP contribution is 2.53. The van der Waals surface area contributed by atoms with E-state index in [9.17, 15) is 0 Å². The van der Waals surface area contributed by atoms with Crippen LogP contribution >= 0.6 is 17.9 Å². The molecule has 0 spiro atoms. The minimum Gasteiger partial charge on any atom is -0.322 e. The molecule has 0 aromatic rings. The second-order valence-corrected chi connectivity index (χ2v) is 10.2. The second-order valence-electron chi connectivity index (χ2n) is 4.90. The quantitative estimate of drug-likeness (QED) is 0.236. The molecule has 2 nitrogen and oxygen atoms in total. The Bertz CT molecular complexity index is 237. The van der Waals surface area contributed by atoms with Crippen LogP contribution in [0.4, 0.5) is 0 Å². The molecule has 0 radical (unpaired) electrons. The summed E-state index contributed by atoms with van der Waals surface area (Å²) >= 11 is 9.39. The fourth-order valence-electron chi connectivity index (χ4n) is 1.97. The van der Waals surface area contributed by atoms with E-state index in [1.165, 1.54) is 57.8 Å². The first-order chi connectivity index (χ1) is 9.12. The molecular formula is C14H31O2PS2. The highest BCUT2D eigenvalue weighted by Gasteiger charge is 2.10. The summed E-state index contributed by atoms with van der Waals surface area (Å²) in [7, 11) is 0. The van der Waals surface area contributed by atoms with Gasteiger partial charge in [0.15, 0.2) is 0 Å². The number of hydrogen-bond acceptors (Lipinski definition) is 3. The molecule has 0 aromatic heterocycles. The average Bonchev–Trinajstić information content (AvgIpc) is 2.36. The predicted molar refractivity (Wildman–Crippen MR) is 92.7 cm³/mol. The zero-order chi connectivity index (χ0) is 14.4. The fraction of sp³-hybridized carbons (Fsp3) is 1.00. The van der Waals surface area contributed by atoms with Crippen LogP contribution in [0.15, 0.2) is 0 Å². The standard InChI is InChI=1S/C14H31O2PS2/c1-3-5-6-7-8-9-10-11-12-13-14-16-17(18,19)15-4-2/h3-14H2,1-2H3,(H,18,19). The van der Waals surface area contributed by atoms with Gasteiger partial charge in [-0.05, 0) is 25.2 Å². The molecule has 116 valence electrons. The lowest BCUT2D eigenvalue weighted by atomic mass is 10.1. The SMILES string of the molecule is CCCCCCCCCCCCOP(=S)(S)OCC. The van der Waals surface area contributed by atoms with Crippen molar-refractivity contribution >= 4 is 29.7 Å². The maximum Gasteiger partial charge on any atom is 0.244 e. The molecule has 0 aromatic carbocycles. The summed E-state index contributed by atoms with van der Waals surface area (Å²) in [5, 5.41) is 0. The van der Waals surface area contributed by atoms with Gasteiger partial charge in [-0.2, -0.15) is 0 Å². The maximum absolute atomic E-state index is 5.51.